The first-order valence-electron chi connectivity index (χ1n) is 7.45. The van der Waals surface area contributed by atoms with Crippen LogP contribution in [0, 0.1) is 0 Å². The summed E-state index contributed by atoms with van der Waals surface area (Å²) in [6.45, 7) is 1.66. The van der Waals surface area contributed by atoms with Crippen molar-refractivity contribution in [3.63, 3.8) is 0 Å². The minimum atomic E-state index is -2.28. The predicted octanol–water partition coefficient (Wildman–Crippen LogP) is -2.65. The minimum absolute atomic E-state index is 0.521. The highest BCUT2D eigenvalue weighted by molar-refractivity contribution is 5.76. The van der Waals surface area contributed by atoms with Crippen LogP contribution in [-0.2, 0) is 28.6 Å². The van der Waals surface area contributed by atoms with Gasteiger partial charge in [-0.05, 0) is 0 Å². The lowest BCUT2D eigenvalue weighted by atomic mass is 9.88. The number of nitrogens with one attached hydrogen (secondary N) is 1. The van der Waals surface area contributed by atoms with Crippen molar-refractivity contribution >= 4 is 17.8 Å². The van der Waals surface area contributed by atoms with Gasteiger partial charge in [-0.2, -0.15) is 0 Å². The number of methoxy groups -OCH3 is 1. The highest BCUT2D eigenvalue weighted by Gasteiger charge is 2.55. The zero-order valence-electron chi connectivity index (χ0n) is 14.0. The smallest absolute Gasteiger partial charge is 0.364 e. The van der Waals surface area contributed by atoms with Crippen molar-refractivity contribution in [3.8, 4) is 0 Å². The summed E-state index contributed by atoms with van der Waals surface area (Å²) in [5.41, 5.74) is 0. The Hall–Kier alpha value is -1.79. The van der Waals surface area contributed by atoms with Gasteiger partial charge in [-0.15, -0.1) is 0 Å². The molecule has 0 radical (unpaired) electrons. The van der Waals surface area contributed by atoms with Crippen molar-refractivity contribution in [2.75, 3.05) is 13.7 Å². The van der Waals surface area contributed by atoms with Gasteiger partial charge in [-0.25, -0.2) is 4.79 Å². The molecule has 0 saturated carbocycles. The summed E-state index contributed by atoms with van der Waals surface area (Å²) >= 11 is 0. The highest BCUT2D eigenvalue weighted by Crippen LogP contribution is 2.33. The normalized spacial score (nSPS) is 31.7. The SMILES string of the molecule is CO[C@]1(C(=O)O)C[C@H](O)[C@@H](NC(C)=O)[C@H]([C@H](O)[C@@H](O)COC(C)=O)O1. The van der Waals surface area contributed by atoms with Gasteiger partial charge in [0.2, 0.25) is 5.91 Å². The van der Waals surface area contributed by atoms with Crippen LogP contribution >= 0.6 is 0 Å². The molecular formula is C14H23NO10. The van der Waals surface area contributed by atoms with E-state index in [1.165, 1.54) is 0 Å². The Kier molecular flexibility index (Phi) is 7.26. The Bertz CT molecular complexity index is 512. The molecule has 0 aromatic heterocycles. The second kappa shape index (κ2) is 8.54. The maximum atomic E-state index is 11.5. The molecule has 1 fully saturated rings. The van der Waals surface area contributed by atoms with Crippen molar-refractivity contribution in [1.29, 1.82) is 0 Å². The minimum Gasteiger partial charge on any atom is -0.477 e. The number of hydrogen-bond donors (Lipinski definition) is 5. The molecule has 0 spiro atoms. The van der Waals surface area contributed by atoms with Gasteiger partial charge in [-0.1, -0.05) is 0 Å². The second-order valence-electron chi connectivity index (χ2n) is 5.70. The molecule has 1 heterocycles. The lowest BCUT2D eigenvalue weighted by molar-refractivity contribution is -0.303. The van der Waals surface area contributed by atoms with E-state index in [9.17, 15) is 34.8 Å². The van der Waals surface area contributed by atoms with Gasteiger partial charge >= 0.3 is 11.9 Å². The Morgan fingerprint density at radius 2 is 1.92 bits per heavy atom. The topological polar surface area (TPSA) is 172 Å². The third kappa shape index (κ3) is 5.09. The molecule has 1 saturated heterocycles. The van der Waals surface area contributed by atoms with Crippen LogP contribution in [0.15, 0.2) is 0 Å². The summed E-state index contributed by atoms with van der Waals surface area (Å²) < 4.78 is 14.7. The zero-order chi connectivity index (χ0) is 19.4. The van der Waals surface area contributed by atoms with Gasteiger partial charge < -0.3 is 40.0 Å². The molecule has 6 atom stereocenters. The molecule has 11 nitrogen and oxygen atoms in total. The van der Waals surface area contributed by atoms with E-state index in [-0.39, 0.29) is 0 Å². The lowest BCUT2D eigenvalue weighted by Crippen LogP contribution is -2.67. The summed E-state index contributed by atoms with van der Waals surface area (Å²) in [6.07, 6.45) is -6.96. The number of ether oxygens (including phenoxy) is 3. The van der Waals surface area contributed by atoms with E-state index in [0.29, 0.717) is 0 Å². The molecule has 25 heavy (non-hydrogen) atoms. The molecule has 5 N–H and O–H groups in total. The molecule has 0 aromatic rings. The molecule has 11 heteroatoms. The average Bonchev–Trinajstić information content (AvgIpc) is 2.52. The van der Waals surface area contributed by atoms with E-state index in [1.807, 2.05) is 0 Å². The van der Waals surface area contributed by atoms with Crippen molar-refractivity contribution < 1.29 is 49.0 Å². The van der Waals surface area contributed by atoms with Crippen LogP contribution in [0.4, 0.5) is 0 Å². The number of esters is 1. The first-order valence-corrected chi connectivity index (χ1v) is 7.45. The third-order valence-electron chi connectivity index (χ3n) is 3.79. The van der Waals surface area contributed by atoms with Gasteiger partial charge in [0.1, 0.15) is 24.9 Å². The van der Waals surface area contributed by atoms with Crippen LogP contribution in [0.2, 0.25) is 0 Å². The molecule has 1 rings (SSSR count). The first-order chi connectivity index (χ1) is 11.5. The lowest BCUT2D eigenvalue weighted by Gasteiger charge is -2.46. The third-order valence-corrected chi connectivity index (χ3v) is 3.79. The summed E-state index contributed by atoms with van der Waals surface area (Å²) in [6, 6.07) is -1.22. The summed E-state index contributed by atoms with van der Waals surface area (Å²) in [5.74, 6) is -5.10. The number of hydrogen-bond acceptors (Lipinski definition) is 9. The number of rotatable bonds is 7. The molecule has 144 valence electrons. The van der Waals surface area contributed by atoms with Crippen LogP contribution in [0.5, 0.6) is 0 Å². The van der Waals surface area contributed by atoms with Crippen LogP contribution in [-0.4, -0.2) is 88.2 Å². The Labute approximate surface area is 143 Å². The predicted molar refractivity (Wildman–Crippen MR) is 79.1 cm³/mol. The molecular weight excluding hydrogens is 342 g/mol. The molecule has 0 aliphatic carbocycles. The van der Waals surface area contributed by atoms with Gasteiger partial charge in [0.05, 0.1) is 12.1 Å². The largest absolute Gasteiger partial charge is 0.477 e. The quantitative estimate of drug-likeness (QED) is 0.300. The fraction of sp³-hybridized carbons (Fsp3) is 0.786. The van der Waals surface area contributed by atoms with Crippen LogP contribution in [0.25, 0.3) is 0 Å². The molecule has 1 aliphatic rings. The zero-order valence-corrected chi connectivity index (χ0v) is 14.0. The van der Waals surface area contributed by atoms with E-state index in [0.717, 1.165) is 21.0 Å². The first kappa shape index (κ1) is 21.3. The number of carbonyl (C=O) groups excluding carboxylic acids is 2. The number of amides is 1. The maximum absolute atomic E-state index is 11.5. The van der Waals surface area contributed by atoms with E-state index in [4.69, 9.17) is 9.47 Å². The maximum Gasteiger partial charge on any atom is 0.364 e. The Morgan fingerprint density at radius 3 is 2.36 bits per heavy atom. The Balaban J connectivity index is 3.09. The number of aliphatic hydroxyl groups excluding tert-OH is 3. The Morgan fingerprint density at radius 1 is 1.32 bits per heavy atom. The molecule has 0 bridgehead atoms. The summed E-state index contributed by atoms with van der Waals surface area (Å²) in [5, 5.41) is 42.1. The fourth-order valence-electron chi connectivity index (χ4n) is 2.53. The highest BCUT2D eigenvalue weighted by atomic mass is 16.7. The van der Waals surface area contributed by atoms with Crippen LogP contribution in [0.3, 0.4) is 0 Å². The van der Waals surface area contributed by atoms with E-state index in [1.54, 1.807) is 0 Å². The molecule has 0 unspecified atom stereocenters. The number of carboxylic acid groups (broad SMARTS) is 1. The standard InChI is InChI=1S/C14H23NO10/c1-6(16)15-10-8(18)4-14(23-3,13(21)22)25-12(10)11(20)9(19)5-24-7(2)17/h8-12,18-20H,4-5H2,1-3H3,(H,15,16)(H,21,22)/t8-,9-,10+,11+,12+,14+/m0/s1. The number of carboxylic acids is 1. The number of aliphatic hydroxyl groups is 3. The number of aliphatic carboxylic acids is 1. The monoisotopic (exact) mass is 365 g/mol. The second-order valence-corrected chi connectivity index (χ2v) is 5.70. The summed E-state index contributed by atoms with van der Waals surface area (Å²) in [7, 11) is 1.04. The van der Waals surface area contributed by atoms with E-state index < -0.39 is 67.1 Å². The van der Waals surface area contributed by atoms with Crippen LogP contribution < -0.4 is 5.32 Å². The molecule has 0 aromatic carbocycles. The van der Waals surface area contributed by atoms with Gasteiger partial charge in [0.15, 0.2) is 0 Å². The van der Waals surface area contributed by atoms with E-state index >= 15 is 0 Å². The van der Waals surface area contributed by atoms with Gasteiger partial charge in [-0.3, -0.25) is 9.59 Å². The van der Waals surface area contributed by atoms with Crippen molar-refractivity contribution in [1.82, 2.24) is 5.32 Å². The van der Waals surface area contributed by atoms with E-state index in [2.05, 4.69) is 10.1 Å². The van der Waals surface area contributed by atoms with Crippen LogP contribution in [0.1, 0.15) is 20.3 Å². The van der Waals surface area contributed by atoms with Crippen molar-refractivity contribution in [2.24, 2.45) is 0 Å². The fourth-order valence-corrected chi connectivity index (χ4v) is 2.53. The molecule has 1 amide bonds. The van der Waals surface area contributed by atoms with Crippen molar-refractivity contribution in [3.05, 3.63) is 0 Å². The van der Waals surface area contributed by atoms with Gasteiger partial charge in [0, 0.05) is 27.4 Å². The number of carbonyl (C=O) groups is 3. The molecule has 1 aliphatic heterocycles. The average molecular weight is 365 g/mol. The van der Waals surface area contributed by atoms with Crippen molar-refractivity contribution in [2.45, 2.75) is 56.5 Å². The van der Waals surface area contributed by atoms with Gasteiger partial charge in [0.25, 0.3) is 5.79 Å². The summed E-state index contributed by atoms with van der Waals surface area (Å²) in [4.78, 5) is 33.6.